The molecule has 0 radical (unpaired) electrons. The lowest BCUT2D eigenvalue weighted by atomic mass is 10.1. The molecule has 1 amide bonds. The van der Waals surface area contributed by atoms with Gasteiger partial charge in [-0.3, -0.25) is 4.79 Å². The maximum Gasteiger partial charge on any atom is 0.573 e. The van der Waals surface area contributed by atoms with E-state index < -0.39 is 17.9 Å². The van der Waals surface area contributed by atoms with Gasteiger partial charge in [0.2, 0.25) is 5.91 Å². The van der Waals surface area contributed by atoms with Crippen LogP contribution in [0.5, 0.6) is 5.75 Å². The Bertz CT molecular complexity index is 542. The molecule has 1 aliphatic heterocycles. The van der Waals surface area contributed by atoms with Crippen molar-refractivity contribution >= 4 is 11.6 Å². The van der Waals surface area contributed by atoms with Gasteiger partial charge in [0.1, 0.15) is 11.6 Å². The molecular formula is C13H11F4NO2. The zero-order valence-corrected chi connectivity index (χ0v) is 10.3. The maximum absolute atomic E-state index is 13.7. The summed E-state index contributed by atoms with van der Waals surface area (Å²) in [5.41, 5.74) is -0.221. The van der Waals surface area contributed by atoms with Gasteiger partial charge in [0, 0.05) is 24.9 Å². The molecule has 2 rings (SSSR count). The first kappa shape index (κ1) is 14.4. The van der Waals surface area contributed by atoms with E-state index >= 15 is 0 Å². The van der Waals surface area contributed by atoms with Crippen molar-refractivity contribution in [3.63, 3.8) is 0 Å². The van der Waals surface area contributed by atoms with Crippen LogP contribution in [0.3, 0.4) is 0 Å². The number of hydrogen-bond acceptors (Lipinski definition) is 2. The smallest absolute Gasteiger partial charge is 0.406 e. The third kappa shape index (κ3) is 3.09. The third-order valence-electron chi connectivity index (χ3n) is 2.93. The van der Waals surface area contributed by atoms with Gasteiger partial charge in [-0.15, -0.1) is 19.8 Å². The molecule has 3 nitrogen and oxygen atoms in total. The highest BCUT2D eigenvalue weighted by Crippen LogP contribution is 2.32. The van der Waals surface area contributed by atoms with Crippen molar-refractivity contribution in [2.24, 2.45) is 5.92 Å². The molecule has 1 atom stereocenters. The topological polar surface area (TPSA) is 29.5 Å². The number of alkyl halides is 3. The Morgan fingerprint density at radius 2 is 2.10 bits per heavy atom. The summed E-state index contributed by atoms with van der Waals surface area (Å²) in [5.74, 6) is -1.85. The van der Waals surface area contributed by atoms with Crippen molar-refractivity contribution in [1.29, 1.82) is 0 Å². The third-order valence-corrected chi connectivity index (χ3v) is 2.93. The number of hydrogen-bond donors (Lipinski definition) is 0. The molecule has 108 valence electrons. The molecule has 0 aromatic heterocycles. The Morgan fingerprint density at radius 3 is 2.65 bits per heavy atom. The summed E-state index contributed by atoms with van der Waals surface area (Å²) in [7, 11) is 0. The highest BCUT2D eigenvalue weighted by molar-refractivity contribution is 5.96. The van der Waals surface area contributed by atoms with Crippen LogP contribution in [0.4, 0.5) is 23.2 Å². The fourth-order valence-corrected chi connectivity index (χ4v) is 2.02. The van der Waals surface area contributed by atoms with Gasteiger partial charge in [-0.2, -0.15) is 0 Å². The Hall–Kier alpha value is -2.05. The number of ether oxygens (including phenoxy) is 1. The first-order chi connectivity index (χ1) is 9.30. The van der Waals surface area contributed by atoms with Gasteiger partial charge in [0.05, 0.1) is 5.69 Å². The molecular weight excluding hydrogens is 278 g/mol. The standard InChI is InChI=1S/C13H11F4NO2/c1-2-8-5-12(19)18(7-8)11-6-9(3-4-10(11)14)20-13(15,16)17/h2-4,6,8H,1,5,7H2. The lowest BCUT2D eigenvalue weighted by Gasteiger charge is -2.18. The molecule has 1 unspecified atom stereocenters. The molecule has 1 saturated heterocycles. The molecule has 1 fully saturated rings. The Morgan fingerprint density at radius 1 is 1.40 bits per heavy atom. The molecule has 1 heterocycles. The van der Waals surface area contributed by atoms with E-state index in [1.165, 1.54) is 0 Å². The number of carbonyl (C=O) groups is 1. The fraction of sp³-hybridized carbons (Fsp3) is 0.308. The van der Waals surface area contributed by atoms with Crippen molar-refractivity contribution in [1.82, 2.24) is 0 Å². The van der Waals surface area contributed by atoms with Crippen LogP contribution in [0.1, 0.15) is 6.42 Å². The van der Waals surface area contributed by atoms with Crippen LogP contribution >= 0.6 is 0 Å². The van der Waals surface area contributed by atoms with E-state index in [1.54, 1.807) is 6.08 Å². The summed E-state index contributed by atoms with van der Waals surface area (Å²) in [4.78, 5) is 12.8. The highest BCUT2D eigenvalue weighted by Gasteiger charge is 2.33. The monoisotopic (exact) mass is 289 g/mol. The summed E-state index contributed by atoms with van der Waals surface area (Å²) in [6.07, 6.45) is -3.15. The normalized spacial score (nSPS) is 19.3. The second-order valence-electron chi connectivity index (χ2n) is 4.37. The largest absolute Gasteiger partial charge is 0.573 e. The molecule has 1 aromatic carbocycles. The van der Waals surface area contributed by atoms with Crippen LogP contribution in [-0.4, -0.2) is 18.8 Å². The van der Waals surface area contributed by atoms with Gasteiger partial charge in [0.15, 0.2) is 0 Å². The van der Waals surface area contributed by atoms with Crippen molar-refractivity contribution in [2.75, 3.05) is 11.4 Å². The van der Waals surface area contributed by atoms with Gasteiger partial charge < -0.3 is 9.64 Å². The Labute approximate surface area is 112 Å². The molecule has 0 N–H and O–H groups in total. The van der Waals surface area contributed by atoms with E-state index in [2.05, 4.69) is 11.3 Å². The summed E-state index contributed by atoms with van der Waals surface area (Å²) in [5, 5.41) is 0. The summed E-state index contributed by atoms with van der Waals surface area (Å²) >= 11 is 0. The number of amides is 1. The van der Waals surface area contributed by atoms with Crippen LogP contribution in [0, 0.1) is 11.7 Å². The second-order valence-corrected chi connectivity index (χ2v) is 4.37. The van der Waals surface area contributed by atoms with Gasteiger partial charge in [-0.05, 0) is 12.1 Å². The lowest BCUT2D eigenvalue weighted by Crippen LogP contribution is -2.25. The first-order valence-corrected chi connectivity index (χ1v) is 5.78. The SMILES string of the molecule is C=CC1CC(=O)N(c2cc(OC(F)(F)F)ccc2F)C1. The van der Waals surface area contributed by atoms with Crippen LogP contribution in [0.15, 0.2) is 30.9 Å². The van der Waals surface area contributed by atoms with Gasteiger partial charge in [-0.1, -0.05) is 6.08 Å². The summed E-state index contributed by atoms with van der Waals surface area (Å²) in [6.45, 7) is 3.74. The second kappa shape index (κ2) is 5.15. The summed E-state index contributed by atoms with van der Waals surface area (Å²) in [6, 6.07) is 2.56. The molecule has 0 bridgehead atoms. The molecule has 1 aliphatic rings. The predicted molar refractivity (Wildman–Crippen MR) is 63.7 cm³/mol. The van der Waals surface area contributed by atoms with E-state index in [1.807, 2.05) is 0 Å². The van der Waals surface area contributed by atoms with Gasteiger partial charge in [0.25, 0.3) is 0 Å². The lowest BCUT2D eigenvalue weighted by molar-refractivity contribution is -0.274. The van der Waals surface area contributed by atoms with E-state index in [0.29, 0.717) is 0 Å². The van der Waals surface area contributed by atoms with Crippen LogP contribution in [-0.2, 0) is 4.79 Å². The fourth-order valence-electron chi connectivity index (χ4n) is 2.02. The van der Waals surface area contributed by atoms with E-state index in [0.717, 1.165) is 23.1 Å². The van der Waals surface area contributed by atoms with Crippen LogP contribution < -0.4 is 9.64 Å². The van der Waals surface area contributed by atoms with Gasteiger partial charge in [-0.25, -0.2) is 4.39 Å². The number of halogens is 4. The molecule has 20 heavy (non-hydrogen) atoms. The molecule has 7 heteroatoms. The number of nitrogens with zero attached hydrogens (tertiary/aromatic N) is 1. The minimum atomic E-state index is -4.87. The van der Waals surface area contributed by atoms with E-state index in [4.69, 9.17) is 0 Å². The maximum atomic E-state index is 13.7. The summed E-state index contributed by atoms with van der Waals surface area (Å²) < 4.78 is 53.8. The van der Waals surface area contributed by atoms with Crippen LogP contribution in [0.2, 0.25) is 0 Å². The number of carbonyl (C=O) groups excluding carboxylic acids is 1. The van der Waals surface area contributed by atoms with E-state index in [-0.39, 0.29) is 30.5 Å². The molecule has 0 aliphatic carbocycles. The average Bonchev–Trinajstić information content (AvgIpc) is 2.71. The highest BCUT2D eigenvalue weighted by atomic mass is 19.4. The Balaban J connectivity index is 2.29. The zero-order chi connectivity index (χ0) is 14.9. The van der Waals surface area contributed by atoms with Gasteiger partial charge >= 0.3 is 6.36 Å². The predicted octanol–water partition coefficient (Wildman–Crippen LogP) is 3.26. The van der Waals surface area contributed by atoms with Crippen LogP contribution in [0.25, 0.3) is 0 Å². The number of benzene rings is 1. The van der Waals surface area contributed by atoms with Crippen molar-refractivity contribution in [3.8, 4) is 5.75 Å². The molecule has 0 saturated carbocycles. The average molecular weight is 289 g/mol. The minimum absolute atomic E-state index is 0.144. The number of rotatable bonds is 3. The van der Waals surface area contributed by atoms with Crippen molar-refractivity contribution in [2.45, 2.75) is 12.8 Å². The van der Waals surface area contributed by atoms with Crippen molar-refractivity contribution < 1.29 is 27.1 Å². The zero-order valence-electron chi connectivity index (χ0n) is 10.3. The Kier molecular flexibility index (Phi) is 3.69. The van der Waals surface area contributed by atoms with E-state index in [9.17, 15) is 22.4 Å². The van der Waals surface area contributed by atoms with Crippen molar-refractivity contribution in [3.05, 3.63) is 36.7 Å². The number of anilines is 1. The minimum Gasteiger partial charge on any atom is -0.406 e. The molecule has 0 spiro atoms. The first-order valence-electron chi connectivity index (χ1n) is 5.78. The molecule has 1 aromatic rings. The quantitative estimate of drug-likeness (QED) is 0.631.